The summed E-state index contributed by atoms with van der Waals surface area (Å²) < 4.78 is 10.1. The average Bonchev–Trinajstić information content (AvgIpc) is 3.41. The molecule has 0 bridgehead atoms. The predicted octanol–water partition coefficient (Wildman–Crippen LogP) is 2.27. The van der Waals surface area contributed by atoms with Crippen molar-refractivity contribution in [2.45, 2.75) is 86.0 Å². The molecule has 2 fully saturated rings. The lowest BCUT2D eigenvalue weighted by atomic mass is 9.79. The van der Waals surface area contributed by atoms with E-state index in [1.807, 2.05) is 20.8 Å². The Bertz CT molecular complexity index is 914. The molecule has 10 heteroatoms. The normalized spacial score (nSPS) is 24.5. The number of rotatable bonds is 13. The second-order valence-corrected chi connectivity index (χ2v) is 11.0. The summed E-state index contributed by atoms with van der Waals surface area (Å²) in [6.07, 6.45) is 2.90. The van der Waals surface area contributed by atoms with Crippen LogP contribution in [0.3, 0.4) is 0 Å². The number of hydrogen-bond acceptors (Lipinski definition) is 8. The van der Waals surface area contributed by atoms with Crippen LogP contribution >= 0.6 is 0 Å². The van der Waals surface area contributed by atoms with Gasteiger partial charge in [-0.25, -0.2) is 0 Å². The molecule has 0 aromatic rings. The molecule has 0 radical (unpaired) electrons. The third-order valence-corrected chi connectivity index (χ3v) is 7.49. The van der Waals surface area contributed by atoms with Crippen molar-refractivity contribution < 1.29 is 38.2 Å². The predicted molar refractivity (Wildman–Crippen MR) is 134 cm³/mol. The maximum absolute atomic E-state index is 12.9. The van der Waals surface area contributed by atoms with Crippen molar-refractivity contribution in [2.75, 3.05) is 26.3 Å². The van der Waals surface area contributed by atoms with Crippen molar-refractivity contribution in [3.05, 3.63) is 0 Å². The van der Waals surface area contributed by atoms with Gasteiger partial charge < -0.3 is 20.1 Å². The minimum atomic E-state index is -1.75. The van der Waals surface area contributed by atoms with E-state index in [2.05, 4.69) is 10.6 Å². The molecule has 3 atom stereocenters. The van der Waals surface area contributed by atoms with Crippen molar-refractivity contribution in [3.63, 3.8) is 0 Å². The van der Waals surface area contributed by atoms with Crippen molar-refractivity contribution >= 4 is 35.3 Å². The summed E-state index contributed by atoms with van der Waals surface area (Å²) in [6.45, 7) is 10.0. The van der Waals surface area contributed by atoms with Crippen LogP contribution in [0.15, 0.2) is 0 Å². The van der Waals surface area contributed by atoms with Gasteiger partial charge in [0.05, 0.1) is 13.2 Å². The molecule has 0 aliphatic heterocycles. The van der Waals surface area contributed by atoms with Gasteiger partial charge in [-0.15, -0.1) is 0 Å². The summed E-state index contributed by atoms with van der Waals surface area (Å²) in [5, 5.41) is 5.55. The van der Waals surface area contributed by atoms with E-state index < -0.39 is 46.1 Å². The first-order valence-electron chi connectivity index (χ1n) is 13.3. The summed E-state index contributed by atoms with van der Waals surface area (Å²) in [5.41, 5.74) is -3.73. The lowest BCUT2D eigenvalue weighted by molar-refractivity contribution is -0.165. The van der Waals surface area contributed by atoms with E-state index in [-0.39, 0.29) is 63.3 Å². The third kappa shape index (κ3) is 6.57. The minimum absolute atomic E-state index is 0.0210. The number of Topliss-reactive ketones (excluding diaryl/α,β-unsaturated/α-hetero) is 2. The fourth-order valence-electron chi connectivity index (χ4n) is 5.54. The second kappa shape index (κ2) is 12.6. The molecule has 37 heavy (non-hydrogen) atoms. The van der Waals surface area contributed by atoms with E-state index >= 15 is 0 Å². The maximum atomic E-state index is 12.9. The number of hydrogen-bond donors (Lipinski definition) is 2. The van der Waals surface area contributed by atoms with Gasteiger partial charge in [-0.1, -0.05) is 20.8 Å². The average molecular weight is 523 g/mol. The molecule has 0 saturated heterocycles. The molecule has 2 aliphatic carbocycles. The molecule has 2 saturated carbocycles. The van der Waals surface area contributed by atoms with Crippen LogP contribution in [-0.2, 0) is 38.2 Å². The highest BCUT2D eigenvalue weighted by molar-refractivity contribution is 6.23. The van der Waals surface area contributed by atoms with Crippen LogP contribution in [0.4, 0.5) is 0 Å². The molecule has 2 N–H and O–H groups in total. The van der Waals surface area contributed by atoms with E-state index in [4.69, 9.17) is 9.47 Å². The van der Waals surface area contributed by atoms with Gasteiger partial charge in [0, 0.05) is 25.9 Å². The Labute approximate surface area is 219 Å². The van der Waals surface area contributed by atoms with Crippen LogP contribution in [0.25, 0.3) is 0 Å². The van der Waals surface area contributed by atoms with Crippen LogP contribution in [-0.4, -0.2) is 61.6 Å². The molecule has 2 amide bonds. The molecular weight excluding hydrogens is 480 g/mol. The monoisotopic (exact) mass is 522 g/mol. The number of esters is 2. The summed E-state index contributed by atoms with van der Waals surface area (Å²) in [6, 6.07) is 0. The molecule has 2 rings (SSSR count). The Balaban J connectivity index is 1.90. The molecule has 0 heterocycles. The molecule has 3 unspecified atom stereocenters. The van der Waals surface area contributed by atoms with Gasteiger partial charge in [0.1, 0.15) is 0 Å². The van der Waals surface area contributed by atoms with Crippen LogP contribution in [0.1, 0.15) is 86.0 Å². The number of carbonyl (C=O) groups is 6. The van der Waals surface area contributed by atoms with Crippen LogP contribution in [0, 0.1) is 22.2 Å². The smallest absolute Gasteiger partial charge is 0.329 e. The number of carbonyl (C=O) groups excluding carboxylic acids is 6. The lowest BCUT2D eigenvalue weighted by Gasteiger charge is -2.30. The van der Waals surface area contributed by atoms with Gasteiger partial charge in [-0.3, -0.25) is 28.8 Å². The van der Waals surface area contributed by atoms with Crippen molar-refractivity contribution in [3.8, 4) is 0 Å². The first-order chi connectivity index (χ1) is 17.4. The largest absolute Gasteiger partial charge is 0.465 e. The third-order valence-electron chi connectivity index (χ3n) is 7.49. The van der Waals surface area contributed by atoms with E-state index in [1.165, 1.54) is 0 Å². The Morgan fingerprint density at radius 3 is 1.73 bits per heavy atom. The zero-order valence-corrected chi connectivity index (χ0v) is 22.8. The van der Waals surface area contributed by atoms with E-state index in [0.29, 0.717) is 25.7 Å². The highest BCUT2D eigenvalue weighted by Crippen LogP contribution is 2.38. The summed E-state index contributed by atoms with van der Waals surface area (Å²) in [4.78, 5) is 75.8. The second-order valence-electron chi connectivity index (χ2n) is 11.0. The van der Waals surface area contributed by atoms with Crippen LogP contribution in [0.2, 0.25) is 0 Å². The zero-order chi connectivity index (χ0) is 27.9. The molecule has 2 aliphatic rings. The number of amides is 2. The Morgan fingerprint density at radius 2 is 1.32 bits per heavy atom. The molecule has 208 valence electrons. The van der Waals surface area contributed by atoms with Crippen molar-refractivity contribution in [1.29, 1.82) is 0 Å². The van der Waals surface area contributed by atoms with Crippen LogP contribution < -0.4 is 10.6 Å². The first-order valence-corrected chi connectivity index (χ1v) is 13.3. The summed E-state index contributed by atoms with van der Waals surface area (Å²) in [5.74, 6) is -3.53. The van der Waals surface area contributed by atoms with Crippen molar-refractivity contribution in [1.82, 2.24) is 10.6 Å². The minimum Gasteiger partial charge on any atom is -0.465 e. The quantitative estimate of drug-likeness (QED) is 0.277. The topological polar surface area (TPSA) is 145 Å². The first kappa shape index (κ1) is 30.4. The Morgan fingerprint density at radius 1 is 0.865 bits per heavy atom. The van der Waals surface area contributed by atoms with Gasteiger partial charge >= 0.3 is 11.9 Å². The lowest BCUT2D eigenvalue weighted by Crippen LogP contribution is -2.51. The highest BCUT2D eigenvalue weighted by Gasteiger charge is 2.57. The van der Waals surface area contributed by atoms with E-state index in [0.717, 1.165) is 0 Å². The molecular formula is C27H42N2O8. The fourth-order valence-corrected chi connectivity index (χ4v) is 5.54. The Kier molecular flexibility index (Phi) is 10.4. The van der Waals surface area contributed by atoms with Gasteiger partial charge in [-0.2, -0.15) is 0 Å². The van der Waals surface area contributed by atoms with Gasteiger partial charge in [0.15, 0.2) is 11.6 Å². The molecule has 0 aromatic carbocycles. The van der Waals surface area contributed by atoms with Gasteiger partial charge in [0.25, 0.3) is 0 Å². The molecule has 0 aromatic heterocycles. The summed E-state index contributed by atoms with van der Waals surface area (Å²) >= 11 is 0. The SMILES string of the molecule is CCOC(=O)C1(C(=O)NCCC(C)(C)CC(C)CNC(=O)C2(C(=O)OCC)CCCC2=O)CCCC1=O. The Hall–Kier alpha value is -2.78. The van der Waals surface area contributed by atoms with Gasteiger partial charge in [-0.05, 0) is 63.7 Å². The number of ether oxygens (including phenoxy) is 2. The highest BCUT2D eigenvalue weighted by atomic mass is 16.5. The number of nitrogens with one attached hydrogen (secondary N) is 2. The molecule has 10 nitrogen and oxygen atoms in total. The maximum Gasteiger partial charge on any atom is 0.329 e. The van der Waals surface area contributed by atoms with E-state index in [1.54, 1.807) is 13.8 Å². The van der Waals surface area contributed by atoms with Crippen LogP contribution in [0.5, 0.6) is 0 Å². The number of ketones is 2. The fraction of sp³-hybridized carbons (Fsp3) is 0.778. The van der Waals surface area contributed by atoms with Gasteiger partial charge in [0.2, 0.25) is 22.6 Å². The van der Waals surface area contributed by atoms with Crippen molar-refractivity contribution in [2.24, 2.45) is 22.2 Å². The standard InChI is InChI=1S/C27H42N2O8/c1-6-36-23(34)26(12-8-10-19(26)30)21(32)28-15-14-25(4,5)16-18(3)17-29-22(33)27(24(35)37-7-2)13-9-11-20(27)31/h18H,6-17H2,1-5H3,(H,28,32)(H,29,33). The molecule has 0 spiro atoms. The zero-order valence-electron chi connectivity index (χ0n) is 22.8. The van der Waals surface area contributed by atoms with E-state index in [9.17, 15) is 28.8 Å². The summed E-state index contributed by atoms with van der Waals surface area (Å²) in [7, 11) is 0.